The fraction of sp³-hybridized carbons (Fsp3) is 0.364. The van der Waals surface area contributed by atoms with E-state index in [4.69, 9.17) is 11.5 Å². The van der Waals surface area contributed by atoms with Crippen molar-refractivity contribution in [1.29, 1.82) is 0 Å². The number of anilines is 3. The second kappa shape index (κ2) is 8.55. The van der Waals surface area contributed by atoms with Crippen LogP contribution in [0.1, 0.15) is 37.0 Å². The number of hydrogen-bond acceptors (Lipinski definition) is 6. The van der Waals surface area contributed by atoms with Crippen molar-refractivity contribution >= 4 is 34.9 Å². The molecule has 2 aromatic rings. The van der Waals surface area contributed by atoms with Crippen molar-refractivity contribution < 1.29 is 9.18 Å². The fourth-order valence-electron chi connectivity index (χ4n) is 3.82. The van der Waals surface area contributed by atoms with Gasteiger partial charge in [-0.25, -0.2) is 9.37 Å². The van der Waals surface area contributed by atoms with E-state index in [1.165, 1.54) is 35.6 Å². The molecule has 2 aliphatic heterocycles. The minimum absolute atomic E-state index is 0.0201. The lowest BCUT2D eigenvalue weighted by Gasteiger charge is -2.30. The molecule has 1 unspecified atom stereocenters. The molecule has 8 heteroatoms. The molecule has 1 amide bonds. The summed E-state index contributed by atoms with van der Waals surface area (Å²) < 4.78 is 14.5. The molecule has 2 aliphatic rings. The zero-order chi connectivity index (χ0) is 21.3. The molecule has 158 valence electrons. The number of amides is 1. The molecule has 1 atom stereocenters. The van der Waals surface area contributed by atoms with Crippen LogP contribution in [0.3, 0.4) is 0 Å². The topological polar surface area (TPSA) is 88.5 Å². The Hall–Kier alpha value is -2.74. The molecule has 4 N–H and O–H groups in total. The summed E-state index contributed by atoms with van der Waals surface area (Å²) in [5.41, 5.74) is 13.6. The minimum atomic E-state index is -0.578. The Kier molecular flexibility index (Phi) is 5.85. The van der Waals surface area contributed by atoms with Crippen molar-refractivity contribution in [2.75, 3.05) is 35.2 Å². The average Bonchev–Trinajstić information content (AvgIpc) is 3.28. The molecule has 1 saturated heterocycles. The molecule has 30 heavy (non-hydrogen) atoms. The van der Waals surface area contributed by atoms with Gasteiger partial charge in [-0.05, 0) is 43.5 Å². The second-order valence-corrected chi connectivity index (χ2v) is 9.00. The lowest BCUT2D eigenvalue weighted by molar-refractivity contribution is -0.114. The number of benzene rings is 1. The van der Waals surface area contributed by atoms with Crippen LogP contribution >= 0.6 is 11.8 Å². The molecule has 0 bridgehead atoms. The first-order valence-corrected chi connectivity index (χ1v) is 11.1. The number of nitrogens with zero attached hydrogens (tertiary/aromatic N) is 3. The molecular formula is C22H26FN5OS. The Morgan fingerprint density at radius 1 is 1.13 bits per heavy atom. The SMILES string of the molecule is CC(SC1=C(N)CCN(c2cccc(N)c2F)C1=O)c1ccc(N2CCCC2)nc1. The first kappa shape index (κ1) is 20.5. The Balaban J connectivity index is 1.51. The van der Waals surface area contributed by atoms with Crippen LogP contribution in [0.25, 0.3) is 0 Å². The van der Waals surface area contributed by atoms with Crippen LogP contribution in [0.15, 0.2) is 47.1 Å². The Morgan fingerprint density at radius 3 is 2.60 bits per heavy atom. The van der Waals surface area contributed by atoms with Crippen LogP contribution in [0, 0.1) is 5.82 Å². The van der Waals surface area contributed by atoms with Crippen LogP contribution in [-0.4, -0.2) is 30.5 Å². The molecule has 1 aromatic heterocycles. The summed E-state index contributed by atoms with van der Waals surface area (Å²) in [7, 11) is 0. The van der Waals surface area contributed by atoms with Crippen LogP contribution < -0.4 is 21.3 Å². The van der Waals surface area contributed by atoms with Gasteiger partial charge in [-0.2, -0.15) is 0 Å². The highest BCUT2D eigenvalue weighted by Crippen LogP contribution is 2.39. The first-order valence-electron chi connectivity index (χ1n) is 10.2. The molecule has 0 radical (unpaired) electrons. The lowest BCUT2D eigenvalue weighted by Crippen LogP contribution is -2.38. The summed E-state index contributed by atoms with van der Waals surface area (Å²) in [6.07, 6.45) is 4.76. The summed E-state index contributed by atoms with van der Waals surface area (Å²) >= 11 is 1.39. The summed E-state index contributed by atoms with van der Waals surface area (Å²) in [6, 6.07) is 8.78. The molecule has 6 nitrogen and oxygen atoms in total. The number of pyridine rings is 1. The number of halogens is 1. The van der Waals surface area contributed by atoms with Crippen LogP contribution in [0.2, 0.25) is 0 Å². The van der Waals surface area contributed by atoms with E-state index in [1.807, 2.05) is 19.2 Å². The van der Waals surface area contributed by atoms with E-state index < -0.39 is 5.82 Å². The largest absolute Gasteiger partial charge is 0.401 e. The maximum atomic E-state index is 14.5. The fourth-order valence-corrected chi connectivity index (χ4v) is 4.92. The van der Waals surface area contributed by atoms with Crippen molar-refractivity contribution in [2.24, 2.45) is 5.73 Å². The normalized spacial score (nSPS) is 18.3. The predicted molar refractivity (Wildman–Crippen MR) is 121 cm³/mol. The lowest BCUT2D eigenvalue weighted by atomic mass is 10.1. The Labute approximate surface area is 180 Å². The second-order valence-electron chi connectivity index (χ2n) is 7.65. The zero-order valence-corrected chi connectivity index (χ0v) is 17.8. The van der Waals surface area contributed by atoms with Crippen molar-refractivity contribution in [2.45, 2.75) is 31.4 Å². The van der Waals surface area contributed by atoms with E-state index in [-0.39, 0.29) is 22.5 Å². The van der Waals surface area contributed by atoms with Gasteiger partial charge in [-0.15, -0.1) is 11.8 Å². The standard InChI is InChI=1S/C22H26FN5OS/c1-14(15-7-8-19(26-13-15)27-10-2-3-11-27)30-21-17(25)9-12-28(22(21)29)18-6-4-5-16(24)20(18)23/h4-8,13-14H,2-3,9-12,24-25H2,1H3. The van der Waals surface area contributed by atoms with Gasteiger partial charge in [0.25, 0.3) is 5.91 Å². The summed E-state index contributed by atoms with van der Waals surface area (Å²) in [6.45, 7) is 4.44. The molecule has 0 spiro atoms. The number of hydrogen-bond donors (Lipinski definition) is 2. The van der Waals surface area contributed by atoms with Crippen molar-refractivity contribution in [1.82, 2.24) is 4.98 Å². The maximum absolute atomic E-state index is 14.5. The number of nitrogen functional groups attached to an aromatic ring is 1. The number of thioether (sulfide) groups is 1. The van der Waals surface area contributed by atoms with E-state index in [0.29, 0.717) is 23.6 Å². The molecule has 0 aliphatic carbocycles. The molecular weight excluding hydrogens is 401 g/mol. The van der Waals surface area contributed by atoms with Gasteiger partial charge >= 0.3 is 0 Å². The van der Waals surface area contributed by atoms with Gasteiger partial charge in [-0.1, -0.05) is 12.1 Å². The highest BCUT2D eigenvalue weighted by atomic mass is 32.2. The molecule has 1 fully saturated rings. The first-order chi connectivity index (χ1) is 14.5. The zero-order valence-electron chi connectivity index (χ0n) is 17.0. The number of rotatable bonds is 5. The highest BCUT2D eigenvalue weighted by molar-refractivity contribution is 8.04. The Bertz CT molecular complexity index is 972. The van der Waals surface area contributed by atoms with Gasteiger partial charge in [0.2, 0.25) is 0 Å². The van der Waals surface area contributed by atoms with E-state index in [9.17, 15) is 9.18 Å². The molecule has 0 saturated carbocycles. The van der Waals surface area contributed by atoms with E-state index in [0.717, 1.165) is 24.5 Å². The molecule has 4 rings (SSSR count). The minimum Gasteiger partial charge on any atom is -0.401 e. The Morgan fingerprint density at radius 2 is 1.90 bits per heavy atom. The quantitative estimate of drug-likeness (QED) is 0.706. The van der Waals surface area contributed by atoms with Crippen molar-refractivity contribution in [3.05, 3.63) is 58.5 Å². The molecule has 1 aromatic carbocycles. The van der Waals surface area contributed by atoms with Crippen molar-refractivity contribution in [3.8, 4) is 0 Å². The highest BCUT2D eigenvalue weighted by Gasteiger charge is 2.31. The maximum Gasteiger partial charge on any atom is 0.266 e. The third kappa shape index (κ3) is 3.96. The third-order valence-electron chi connectivity index (χ3n) is 5.60. The number of carbonyl (C=O) groups excluding carboxylic acids is 1. The van der Waals surface area contributed by atoms with Gasteiger partial charge in [0.1, 0.15) is 5.82 Å². The number of nitrogens with two attached hydrogens (primary N) is 2. The van der Waals surface area contributed by atoms with Gasteiger partial charge in [-0.3, -0.25) is 4.79 Å². The van der Waals surface area contributed by atoms with E-state index in [1.54, 1.807) is 12.1 Å². The van der Waals surface area contributed by atoms with Crippen LogP contribution in [0.4, 0.5) is 21.6 Å². The van der Waals surface area contributed by atoms with Crippen molar-refractivity contribution in [3.63, 3.8) is 0 Å². The smallest absolute Gasteiger partial charge is 0.266 e. The summed E-state index contributed by atoms with van der Waals surface area (Å²) in [4.78, 5) is 21.9. The monoisotopic (exact) mass is 427 g/mol. The van der Waals surface area contributed by atoms with Crippen LogP contribution in [0.5, 0.6) is 0 Å². The van der Waals surface area contributed by atoms with Gasteiger partial charge in [0.15, 0.2) is 5.82 Å². The summed E-state index contributed by atoms with van der Waals surface area (Å²) in [5.74, 6) is 0.122. The average molecular weight is 428 g/mol. The van der Waals surface area contributed by atoms with Gasteiger partial charge in [0.05, 0.1) is 16.3 Å². The number of carbonyl (C=O) groups is 1. The summed E-state index contributed by atoms with van der Waals surface area (Å²) in [5, 5.41) is -0.0201. The third-order valence-corrected chi connectivity index (χ3v) is 6.90. The van der Waals surface area contributed by atoms with Gasteiger partial charge in [0, 0.05) is 43.2 Å². The van der Waals surface area contributed by atoms with Gasteiger partial charge < -0.3 is 21.3 Å². The van der Waals surface area contributed by atoms with E-state index >= 15 is 0 Å². The predicted octanol–water partition coefficient (Wildman–Crippen LogP) is 3.80. The van der Waals surface area contributed by atoms with Crippen LogP contribution in [-0.2, 0) is 4.79 Å². The van der Waals surface area contributed by atoms with E-state index in [2.05, 4.69) is 16.0 Å². The number of aromatic nitrogens is 1. The molecule has 3 heterocycles.